The fourth-order valence-electron chi connectivity index (χ4n) is 1.83. The van der Waals surface area contributed by atoms with Gasteiger partial charge < -0.3 is 14.4 Å². The molecule has 15 heavy (non-hydrogen) atoms. The van der Waals surface area contributed by atoms with Crippen molar-refractivity contribution in [2.75, 3.05) is 33.4 Å². The van der Waals surface area contributed by atoms with E-state index in [9.17, 15) is 4.79 Å². The minimum Gasteiger partial charge on any atom is -0.469 e. The largest absolute Gasteiger partial charge is 0.469 e. The van der Waals surface area contributed by atoms with E-state index in [4.69, 9.17) is 4.74 Å². The van der Waals surface area contributed by atoms with Gasteiger partial charge in [0, 0.05) is 26.1 Å². The van der Waals surface area contributed by atoms with Crippen LogP contribution in [0.15, 0.2) is 0 Å². The summed E-state index contributed by atoms with van der Waals surface area (Å²) in [7, 11) is 1.43. The molecule has 1 aliphatic heterocycles. The smallest absolute Gasteiger partial charge is 0.305 e. The Morgan fingerprint density at radius 2 is 2.40 bits per heavy atom. The molecule has 0 aromatic carbocycles. The van der Waals surface area contributed by atoms with E-state index < -0.39 is 0 Å². The van der Waals surface area contributed by atoms with Gasteiger partial charge in [-0.15, -0.1) is 0 Å². The maximum atomic E-state index is 10.9. The molecule has 1 saturated heterocycles. The molecule has 1 rings (SSSR count). The fourth-order valence-corrected chi connectivity index (χ4v) is 1.83. The van der Waals surface area contributed by atoms with E-state index in [1.807, 2.05) is 0 Å². The van der Waals surface area contributed by atoms with Crippen molar-refractivity contribution in [1.82, 2.24) is 4.90 Å². The highest BCUT2D eigenvalue weighted by Gasteiger charge is 2.14. The third kappa shape index (κ3) is 5.14. The van der Waals surface area contributed by atoms with Gasteiger partial charge in [-0.1, -0.05) is 0 Å². The highest BCUT2D eigenvalue weighted by Crippen LogP contribution is 2.06. The summed E-state index contributed by atoms with van der Waals surface area (Å²) < 4.78 is 10.2. The lowest BCUT2D eigenvalue weighted by molar-refractivity contribution is -0.140. The van der Waals surface area contributed by atoms with Crippen LogP contribution in [0.5, 0.6) is 0 Å². The van der Waals surface area contributed by atoms with Crippen molar-refractivity contribution in [1.29, 1.82) is 0 Å². The number of nitrogens with zero attached hydrogens (tertiary/aromatic N) is 1. The van der Waals surface area contributed by atoms with Crippen LogP contribution in [0.25, 0.3) is 0 Å². The van der Waals surface area contributed by atoms with Crippen LogP contribution < -0.4 is 0 Å². The molecular weight excluding hydrogens is 194 g/mol. The molecule has 0 saturated carbocycles. The maximum Gasteiger partial charge on any atom is 0.305 e. The third-order valence-electron chi connectivity index (χ3n) is 2.62. The van der Waals surface area contributed by atoms with Crippen molar-refractivity contribution in [3.05, 3.63) is 0 Å². The Morgan fingerprint density at radius 1 is 1.60 bits per heavy atom. The minimum atomic E-state index is -0.117. The Morgan fingerprint density at radius 3 is 3.13 bits per heavy atom. The molecule has 0 bridgehead atoms. The Kier molecular flexibility index (Phi) is 5.65. The van der Waals surface area contributed by atoms with Crippen molar-refractivity contribution in [2.45, 2.75) is 32.3 Å². The summed E-state index contributed by atoms with van der Waals surface area (Å²) in [6.45, 7) is 5.96. The van der Waals surface area contributed by atoms with Gasteiger partial charge in [-0.25, -0.2) is 0 Å². The first kappa shape index (κ1) is 12.5. The van der Waals surface area contributed by atoms with Crippen LogP contribution in [0.3, 0.4) is 0 Å². The number of carbonyl (C=O) groups excluding carboxylic acids is 1. The molecule has 4 nitrogen and oxygen atoms in total. The van der Waals surface area contributed by atoms with E-state index in [0.717, 1.165) is 39.1 Å². The lowest BCUT2D eigenvalue weighted by Crippen LogP contribution is -2.31. The van der Waals surface area contributed by atoms with Gasteiger partial charge in [0.1, 0.15) is 0 Å². The van der Waals surface area contributed by atoms with Crippen molar-refractivity contribution < 1.29 is 14.3 Å². The van der Waals surface area contributed by atoms with Crippen molar-refractivity contribution >= 4 is 5.97 Å². The van der Waals surface area contributed by atoms with Crippen molar-refractivity contribution in [2.24, 2.45) is 0 Å². The van der Waals surface area contributed by atoms with E-state index in [1.54, 1.807) is 0 Å². The van der Waals surface area contributed by atoms with Gasteiger partial charge in [-0.2, -0.15) is 0 Å². The molecule has 1 atom stereocenters. The SMILES string of the molecule is COC(=O)CCCN1CCCOC(C)C1. The predicted octanol–water partition coefficient (Wildman–Crippen LogP) is 1.05. The van der Waals surface area contributed by atoms with Gasteiger partial charge in [0.05, 0.1) is 13.2 Å². The molecule has 88 valence electrons. The molecule has 0 N–H and O–H groups in total. The number of ether oxygens (including phenoxy) is 2. The summed E-state index contributed by atoms with van der Waals surface area (Å²) in [4.78, 5) is 13.3. The van der Waals surface area contributed by atoms with E-state index in [1.165, 1.54) is 7.11 Å². The third-order valence-corrected chi connectivity index (χ3v) is 2.62. The molecule has 0 aliphatic carbocycles. The van der Waals surface area contributed by atoms with Gasteiger partial charge in [0.15, 0.2) is 0 Å². The van der Waals surface area contributed by atoms with Gasteiger partial charge in [0.25, 0.3) is 0 Å². The number of rotatable bonds is 4. The van der Waals surface area contributed by atoms with Crippen molar-refractivity contribution in [3.63, 3.8) is 0 Å². The van der Waals surface area contributed by atoms with Crippen LogP contribution in [-0.4, -0.2) is 50.3 Å². The number of hydrogen-bond acceptors (Lipinski definition) is 4. The summed E-state index contributed by atoms with van der Waals surface area (Å²) in [6, 6.07) is 0. The molecule has 1 aliphatic rings. The Labute approximate surface area is 91.5 Å². The number of hydrogen-bond donors (Lipinski definition) is 0. The molecule has 1 unspecified atom stereocenters. The monoisotopic (exact) mass is 215 g/mol. The van der Waals surface area contributed by atoms with E-state index >= 15 is 0 Å². The first-order chi connectivity index (χ1) is 7.22. The van der Waals surface area contributed by atoms with Crippen LogP contribution >= 0.6 is 0 Å². The zero-order chi connectivity index (χ0) is 11.1. The lowest BCUT2D eigenvalue weighted by Gasteiger charge is -2.21. The average Bonchev–Trinajstić information content (AvgIpc) is 2.42. The summed E-state index contributed by atoms with van der Waals surface area (Å²) in [5.41, 5.74) is 0. The number of methoxy groups -OCH3 is 1. The average molecular weight is 215 g/mol. The normalized spacial score (nSPS) is 23.5. The van der Waals surface area contributed by atoms with Gasteiger partial charge in [0.2, 0.25) is 0 Å². The molecule has 0 radical (unpaired) electrons. The van der Waals surface area contributed by atoms with Crippen LogP contribution in [-0.2, 0) is 14.3 Å². The molecule has 0 amide bonds. The van der Waals surface area contributed by atoms with E-state index in [2.05, 4.69) is 16.6 Å². The molecule has 0 spiro atoms. The Hall–Kier alpha value is -0.610. The van der Waals surface area contributed by atoms with Gasteiger partial charge >= 0.3 is 5.97 Å². The number of carbonyl (C=O) groups is 1. The molecule has 4 heteroatoms. The summed E-state index contributed by atoms with van der Waals surface area (Å²) in [5.74, 6) is -0.117. The fraction of sp³-hybridized carbons (Fsp3) is 0.909. The van der Waals surface area contributed by atoms with Crippen molar-refractivity contribution in [3.8, 4) is 0 Å². The summed E-state index contributed by atoms with van der Waals surface area (Å²) in [5, 5.41) is 0. The van der Waals surface area contributed by atoms with Crippen LogP contribution in [0.1, 0.15) is 26.2 Å². The molecule has 0 aromatic rings. The quantitative estimate of drug-likeness (QED) is 0.657. The first-order valence-corrected chi connectivity index (χ1v) is 5.63. The molecule has 1 fully saturated rings. The van der Waals surface area contributed by atoms with Crippen LogP contribution in [0.2, 0.25) is 0 Å². The van der Waals surface area contributed by atoms with Gasteiger partial charge in [-0.05, 0) is 26.3 Å². The zero-order valence-electron chi connectivity index (χ0n) is 9.70. The maximum absolute atomic E-state index is 10.9. The van der Waals surface area contributed by atoms with E-state index in [0.29, 0.717) is 12.5 Å². The van der Waals surface area contributed by atoms with Crippen LogP contribution in [0, 0.1) is 0 Å². The first-order valence-electron chi connectivity index (χ1n) is 5.63. The van der Waals surface area contributed by atoms with E-state index in [-0.39, 0.29) is 5.97 Å². The Balaban J connectivity index is 2.16. The topological polar surface area (TPSA) is 38.8 Å². The standard InChI is InChI=1S/C11H21NO3/c1-10-9-12(7-4-8-15-10)6-3-5-11(13)14-2/h10H,3-9H2,1-2H3. The zero-order valence-corrected chi connectivity index (χ0v) is 9.70. The second-order valence-electron chi connectivity index (χ2n) is 4.02. The lowest BCUT2D eigenvalue weighted by atomic mass is 10.2. The minimum absolute atomic E-state index is 0.117. The highest BCUT2D eigenvalue weighted by atomic mass is 16.5. The molecular formula is C11H21NO3. The summed E-state index contributed by atoms with van der Waals surface area (Å²) in [6.07, 6.45) is 2.79. The molecule has 0 aromatic heterocycles. The van der Waals surface area contributed by atoms with Crippen LogP contribution in [0.4, 0.5) is 0 Å². The molecule has 1 heterocycles. The van der Waals surface area contributed by atoms with Gasteiger partial charge in [-0.3, -0.25) is 4.79 Å². The second-order valence-corrected chi connectivity index (χ2v) is 4.02. The predicted molar refractivity (Wildman–Crippen MR) is 57.7 cm³/mol. The highest BCUT2D eigenvalue weighted by molar-refractivity contribution is 5.69. The summed E-state index contributed by atoms with van der Waals surface area (Å²) >= 11 is 0. The number of esters is 1. The Bertz CT molecular complexity index is 196. The second kappa shape index (κ2) is 6.80.